The van der Waals surface area contributed by atoms with E-state index in [4.69, 9.17) is 5.73 Å². The number of carbonyl (C=O) groups excluding carboxylic acids is 1. The molecule has 0 saturated carbocycles. The number of rotatable bonds is 3. The van der Waals surface area contributed by atoms with E-state index in [0.29, 0.717) is 10.7 Å². The van der Waals surface area contributed by atoms with Crippen LogP contribution in [0.15, 0.2) is 18.2 Å². The number of benzene rings is 1. The summed E-state index contributed by atoms with van der Waals surface area (Å²) in [5, 5.41) is 11.4. The summed E-state index contributed by atoms with van der Waals surface area (Å²) in [6.45, 7) is 2.13. The van der Waals surface area contributed by atoms with E-state index in [1.165, 1.54) is 23.5 Å². The molecule has 1 aromatic heterocycles. The molecule has 3 N–H and O–H groups in total. The van der Waals surface area contributed by atoms with E-state index in [2.05, 4.69) is 27.4 Å². The number of aromatic nitrogens is 2. The molecule has 0 saturated heterocycles. The number of aryl methyl sites for hydroxylation is 1. The Morgan fingerprint density at radius 2 is 2.29 bits per heavy atom. The third kappa shape index (κ3) is 3.84. The molecular weight excluding hydrogens is 291 g/mol. The number of nitrogens with two attached hydrogens (primary N) is 1. The number of nitrogens with zero attached hydrogens (tertiary/aromatic N) is 2. The molecule has 2 rings (SSSR count). The topological polar surface area (TPSA) is 80.9 Å². The Morgan fingerprint density at radius 3 is 2.90 bits per heavy atom. The van der Waals surface area contributed by atoms with Crippen molar-refractivity contribution in [1.29, 1.82) is 0 Å². The van der Waals surface area contributed by atoms with Crippen molar-refractivity contribution >= 4 is 22.4 Å². The normalized spacial score (nSPS) is 9.86. The number of hydrogen-bond acceptors (Lipinski definition) is 5. The predicted molar refractivity (Wildman–Crippen MR) is 79.6 cm³/mol. The lowest BCUT2D eigenvalue weighted by atomic mass is 10.1. The number of nitrogens with one attached hydrogen (secondary N) is 1. The summed E-state index contributed by atoms with van der Waals surface area (Å²) in [7, 11) is 0. The number of amides is 1. The first kappa shape index (κ1) is 15.1. The maximum Gasteiger partial charge on any atom is 0.260 e. The lowest BCUT2D eigenvalue weighted by Gasteiger charge is -2.03. The third-order valence-electron chi connectivity index (χ3n) is 2.54. The molecule has 0 bridgehead atoms. The Balaban J connectivity index is 2.15. The van der Waals surface area contributed by atoms with Crippen LogP contribution in [0, 0.1) is 17.7 Å². The SMILES string of the molecule is CCc1nnc(NC(=O)c2ccc(C#CCN)cc2F)s1. The minimum absolute atomic E-state index is 0.0680. The van der Waals surface area contributed by atoms with Crippen molar-refractivity contribution in [3.63, 3.8) is 0 Å². The zero-order valence-electron chi connectivity index (χ0n) is 11.3. The summed E-state index contributed by atoms with van der Waals surface area (Å²) in [5.41, 5.74) is 5.65. The maximum absolute atomic E-state index is 13.9. The molecular formula is C14H13FN4OS. The number of hydrogen-bond donors (Lipinski definition) is 2. The molecule has 0 aliphatic heterocycles. The molecule has 108 valence electrons. The Hall–Kier alpha value is -2.30. The van der Waals surface area contributed by atoms with Crippen molar-refractivity contribution in [3.05, 3.63) is 40.2 Å². The summed E-state index contributed by atoms with van der Waals surface area (Å²) in [5.74, 6) is 4.12. The molecule has 1 heterocycles. The fourth-order valence-electron chi connectivity index (χ4n) is 1.54. The molecule has 0 aliphatic carbocycles. The third-order valence-corrected chi connectivity index (χ3v) is 3.52. The highest BCUT2D eigenvalue weighted by Gasteiger charge is 2.14. The Bertz CT molecular complexity index is 717. The summed E-state index contributed by atoms with van der Waals surface area (Å²) >= 11 is 1.26. The van der Waals surface area contributed by atoms with Gasteiger partial charge in [-0.3, -0.25) is 10.1 Å². The largest absolute Gasteiger partial charge is 0.320 e. The average Bonchev–Trinajstić information content (AvgIpc) is 2.92. The molecule has 0 unspecified atom stereocenters. The quantitative estimate of drug-likeness (QED) is 0.847. The van der Waals surface area contributed by atoms with Gasteiger partial charge in [-0.05, 0) is 24.6 Å². The van der Waals surface area contributed by atoms with Crippen molar-refractivity contribution in [2.24, 2.45) is 5.73 Å². The van der Waals surface area contributed by atoms with Gasteiger partial charge in [-0.1, -0.05) is 30.1 Å². The second-order valence-electron chi connectivity index (χ2n) is 4.01. The van der Waals surface area contributed by atoms with Crippen molar-refractivity contribution in [2.45, 2.75) is 13.3 Å². The molecule has 2 aromatic rings. The van der Waals surface area contributed by atoms with E-state index in [-0.39, 0.29) is 12.1 Å². The van der Waals surface area contributed by atoms with Gasteiger partial charge in [0.05, 0.1) is 12.1 Å². The highest BCUT2D eigenvalue weighted by molar-refractivity contribution is 7.15. The molecule has 1 amide bonds. The Labute approximate surface area is 125 Å². The van der Waals surface area contributed by atoms with Crippen LogP contribution in [0.3, 0.4) is 0 Å². The molecule has 0 radical (unpaired) electrons. The first-order chi connectivity index (χ1) is 10.1. The van der Waals surface area contributed by atoms with Gasteiger partial charge in [0.25, 0.3) is 5.91 Å². The van der Waals surface area contributed by atoms with Crippen LogP contribution < -0.4 is 11.1 Å². The summed E-state index contributed by atoms with van der Waals surface area (Å²) in [6.07, 6.45) is 0.733. The highest BCUT2D eigenvalue weighted by atomic mass is 32.1. The first-order valence-corrected chi connectivity index (χ1v) is 7.08. The Morgan fingerprint density at radius 1 is 1.48 bits per heavy atom. The molecule has 0 aliphatic rings. The van der Waals surface area contributed by atoms with Crippen molar-refractivity contribution < 1.29 is 9.18 Å². The van der Waals surface area contributed by atoms with Gasteiger partial charge in [0, 0.05) is 5.56 Å². The van der Waals surface area contributed by atoms with E-state index < -0.39 is 11.7 Å². The molecule has 0 fully saturated rings. The minimum Gasteiger partial charge on any atom is -0.320 e. The van der Waals surface area contributed by atoms with Gasteiger partial charge >= 0.3 is 0 Å². The van der Waals surface area contributed by atoms with Gasteiger partial charge in [0.2, 0.25) is 5.13 Å². The van der Waals surface area contributed by atoms with Gasteiger partial charge in [-0.15, -0.1) is 10.2 Å². The van der Waals surface area contributed by atoms with Crippen molar-refractivity contribution in [2.75, 3.05) is 11.9 Å². The van der Waals surface area contributed by atoms with Crippen LogP contribution in [0.1, 0.15) is 27.9 Å². The van der Waals surface area contributed by atoms with E-state index in [1.807, 2.05) is 6.92 Å². The fourth-order valence-corrected chi connectivity index (χ4v) is 2.22. The van der Waals surface area contributed by atoms with Crippen molar-refractivity contribution in [1.82, 2.24) is 10.2 Å². The molecule has 5 nitrogen and oxygen atoms in total. The van der Waals surface area contributed by atoms with E-state index in [1.54, 1.807) is 6.07 Å². The molecule has 0 spiro atoms. The zero-order valence-corrected chi connectivity index (χ0v) is 12.1. The number of anilines is 1. The number of halogens is 1. The number of carbonyl (C=O) groups is 1. The second-order valence-corrected chi connectivity index (χ2v) is 5.07. The molecule has 7 heteroatoms. The maximum atomic E-state index is 13.9. The standard InChI is InChI=1S/C14H13FN4OS/c1-2-12-18-19-14(21-12)17-13(20)10-6-5-9(4-3-7-16)8-11(10)15/h5-6,8H,2,7,16H2,1H3,(H,17,19,20). The van der Waals surface area contributed by atoms with Crippen LogP contribution in [-0.4, -0.2) is 22.6 Å². The summed E-state index contributed by atoms with van der Waals surface area (Å²) < 4.78 is 13.9. The van der Waals surface area contributed by atoms with Gasteiger partial charge in [0.15, 0.2) is 0 Å². The predicted octanol–water partition coefficient (Wildman–Crippen LogP) is 1.80. The first-order valence-electron chi connectivity index (χ1n) is 6.26. The monoisotopic (exact) mass is 304 g/mol. The lowest BCUT2D eigenvalue weighted by Crippen LogP contribution is -2.13. The lowest BCUT2D eigenvalue weighted by molar-refractivity contribution is 0.102. The Kier molecular flexibility index (Phi) is 4.98. The minimum atomic E-state index is -0.642. The van der Waals surface area contributed by atoms with E-state index >= 15 is 0 Å². The van der Waals surface area contributed by atoms with Crippen LogP contribution in [0.5, 0.6) is 0 Å². The average molecular weight is 304 g/mol. The smallest absolute Gasteiger partial charge is 0.260 e. The summed E-state index contributed by atoms with van der Waals surface area (Å²) in [6, 6.07) is 4.15. The van der Waals surface area contributed by atoms with Crippen LogP contribution in [0.2, 0.25) is 0 Å². The van der Waals surface area contributed by atoms with E-state index in [9.17, 15) is 9.18 Å². The highest BCUT2D eigenvalue weighted by Crippen LogP contribution is 2.17. The molecule has 1 aromatic carbocycles. The zero-order chi connectivity index (χ0) is 15.2. The second kappa shape index (κ2) is 6.92. The van der Waals surface area contributed by atoms with Crippen LogP contribution >= 0.6 is 11.3 Å². The van der Waals surface area contributed by atoms with Gasteiger partial charge < -0.3 is 5.73 Å². The van der Waals surface area contributed by atoms with Crippen LogP contribution in [-0.2, 0) is 6.42 Å². The fraction of sp³-hybridized carbons (Fsp3) is 0.214. The van der Waals surface area contributed by atoms with Gasteiger partial charge in [0.1, 0.15) is 10.8 Å². The van der Waals surface area contributed by atoms with Crippen LogP contribution in [0.25, 0.3) is 0 Å². The van der Waals surface area contributed by atoms with Crippen LogP contribution in [0.4, 0.5) is 9.52 Å². The van der Waals surface area contributed by atoms with E-state index in [0.717, 1.165) is 11.4 Å². The molecule has 0 atom stereocenters. The van der Waals surface area contributed by atoms with Crippen molar-refractivity contribution in [3.8, 4) is 11.8 Å². The summed E-state index contributed by atoms with van der Waals surface area (Å²) in [4.78, 5) is 12.0. The molecule has 21 heavy (non-hydrogen) atoms. The van der Waals surface area contributed by atoms with Gasteiger partial charge in [-0.25, -0.2) is 4.39 Å². The van der Waals surface area contributed by atoms with Gasteiger partial charge in [-0.2, -0.15) is 0 Å².